The highest BCUT2D eigenvalue weighted by Gasteiger charge is 2.32. The molecule has 1 aromatic heterocycles. The number of halogens is 2. The Bertz CT molecular complexity index is 1300. The first-order valence-electron chi connectivity index (χ1n) is 12.0. The van der Waals surface area contributed by atoms with Crippen LogP contribution in [0.25, 0.3) is 0 Å². The van der Waals surface area contributed by atoms with Crippen LogP contribution in [0.4, 0.5) is 8.78 Å². The largest absolute Gasteiger partial charge is 0.387 e. The summed E-state index contributed by atoms with van der Waals surface area (Å²) in [5, 5.41) is 17.6. The summed E-state index contributed by atoms with van der Waals surface area (Å²) in [6, 6.07) is 9.48. The van der Waals surface area contributed by atoms with E-state index in [-0.39, 0.29) is 23.8 Å². The van der Waals surface area contributed by atoms with Gasteiger partial charge in [-0.05, 0) is 49.9 Å². The summed E-state index contributed by atoms with van der Waals surface area (Å²) in [6.07, 6.45) is -0.261. The molecule has 1 fully saturated rings. The molecule has 9 heteroatoms. The van der Waals surface area contributed by atoms with Gasteiger partial charge in [0.15, 0.2) is 12.2 Å². The van der Waals surface area contributed by atoms with E-state index in [1.807, 2.05) is 37.4 Å². The van der Waals surface area contributed by atoms with Gasteiger partial charge >= 0.3 is 0 Å². The van der Waals surface area contributed by atoms with Crippen molar-refractivity contribution >= 4 is 23.0 Å². The standard InChI is InChI=1S/C27H27F2N3O3S/c1-15-6-7-16(2)18(12-15)25(33)27(34)32-10-8-17(9-11-32)26-30-22(14-36-26)21-13-23(35-31-21)24-19(28)4-3-5-20(24)29/h3-7,12,14,17,23,25,33H,8-11,13H2,1-2H3/t23-,25?/m1/s1. The van der Waals surface area contributed by atoms with Crippen LogP contribution in [0.1, 0.15) is 70.3 Å². The van der Waals surface area contributed by atoms with Gasteiger partial charge in [0.1, 0.15) is 17.3 Å². The number of oxime groups is 1. The lowest BCUT2D eigenvalue weighted by atomic mass is 9.95. The second kappa shape index (κ2) is 10.1. The fourth-order valence-corrected chi connectivity index (χ4v) is 5.82. The van der Waals surface area contributed by atoms with Gasteiger partial charge in [0.05, 0.1) is 16.3 Å². The average molecular weight is 512 g/mol. The molecule has 188 valence electrons. The lowest BCUT2D eigenvalue weighted by Gasteiger charge is -2.32. The second-order valence-electron chi connectivity index (χ2n) is 9.40. The second-order valence-corrected chi connectivity index (χ2v) is 10.3. The average Bonchev–Trinajstić information content (AvgIpc) is 3.55. The molecule has 2 aliphatic rings. The predicted molar refractivity (Wildman–Crippen MR) is 133 cm³/mol. The number of likely N-dealkylation sites (tertiary alicyclic amines) is 1. The van der Waals surface area contributed by atoms with Crippen LogP contribution in [-0.2, 0) is 9.63 Å². The van der Waals surface area contributed by atoms with Crippen molar-refractivity contribution in [3.8, 4) is 0 Å². The molecule has 36 heavy (non-hydrogen) atoms. The molecule has 1 unspecified atom stereocenters. The van der Waals surface area contributed by atoms with Crippen LogP contribution in [-0.4, -0.2) is 39.7 Å². The van der Waals surface area contributed by atoms with Gasteiger partial charge in [0, 0.05) is 30.8 Å². The number of nitrogens with zero attached hydrogens (tertiary/aromatic N) is 3. The third kappa shape index (κ3) is 4.77. The molecule has 5 rings (SSSR count). The number of benzene rings is 2. The molecule has 0 spiro atoms. The van der Waals surface area contributed by atoms with Gasteiger partial charge in [-0.15, -0.1) is 11.3 Å². The van der Waals surface area contributed by atoms with Crippen LogP contribution < -0.4 is 0 Å². The molecular formula is C27H27F2N3O3S. The molecule has 2 aliphatic heterocycles. The van der Waals surface area contributed by atoms with E-state index in [0.717, 1.165) is 29.0 Å². The van der Waals surface area contributed by atoms with Gasteiger partial charge in [-0.2, -0.15) is 0 Å². The maximum atomic E-state index is 14.1. The van der Waals surface area contributed by atoms with E-state index in [9.17, 15) is 18.7 Å². The Hall–Kier alpha value is -3.17. The summed E-state index contributed by atoms with van der Waals surface area (Å²) in [5.74, 6) is -1.39. The van der Waals surface area contributed by atoms with E-state index in [2.05, 4.69) is 5.16 Å². The molecule has 1 N–H and O–H groups in total. The quantitative estimate of drug-likeness (QED) is 0.502. The van der Waals surface area contributed by atoms with Gasteiger partial charge in [0.25, 0.3) is 5.91 Å². The zero-order chi connectivity index (χ0) is 25.4. The summed E-state index contributed by atoms with van der Waals surface area (Å²) in [6.45, 7) is 4.92. The number of aromatic nitrogens is 1. The van der Waals surface area contributed by atoms with E-state index in [4.69, 9.17) is 9.82 Å². The van der Waals surface area contributed by atoms with Crippen molar-refractivity contribution in [1.29, 1.82) is 0 Å². The van der Waals surface area contributed by atoms with E-state index >= 15 is 0 Å². The van der Waals surface area contributed by atoms with E-state index in [0.29, 0.717) is 30.1 Å². The Morgan fingerprint density at radius 1 is 1.17 bits per heavy atom. The number of rotatable bonds is 5. The van der Waals surface area contributed by atoms with E-state index in [1.54, 1.807) is 4.90 Å². The van der Waals surface area contributed by atoms with Crippen molar-refractivity contribution in [3.63, 3.8) is 0 Å². The molecule has 1 amide bonds. The molecule has 0 bridgehead atoms. The first kappa shape index (κ1) is 24.5. The number of thiazole rings is 1. The van der Waals surface area contributed by atoms with Crippen molar-refractivity contribution in [2.24, 2.45) is 5.16 Å². The van der Waals surface area contributed by atoms with Crippen LogP contribution in [0.2, 0.25) is 0 Å². The molecule has 2 atom stereocenters. The summed E-state index contributed by atoms with van der Waals surface area (Å²) in [7, 11) is 0. The number of amides is 1. The number of carbonyl (C=O) groups excluding carboxylic acids is 1. The van der Waals surface area contributed by atoms with Crippen molar-refractivity contribution in [3.05, 3.63) is 86.4 Å². The lowest BCUT2D eigenvalue weighted by molar-refractivity contribution is -0.141. The number of aliphatic hydroxyl groups excluding tert-OH is 1. The number of aliphatic hydroxyl groups is 1. The smallest absolute Gasteiger partial charge is 0.256 e. The Balaban J connectivity index is 1.20. The monoisotopic (exact) mass is 511 g/mol. The maximum absolute atomic E-state index is 14.1. The van der Waals surface area contributed by atoms with Crippen LogP contribution in [0.5, 0.6) is 0 Å². The number of piperidine rings is 1. The van der Waals surface area contributed by atoms with E-state index < -0.39 is 23.8 Å². The molecule has 3 aromatic rings. The first-order valence-corrected chi connectivity index (χ1v) is 12.9. The predicted octanol–water partition coefficient (Wildman–Crippen LogP) is 5.34. The van der Waals surface area contributed by atoms with Crippen LogP contribution in [0.3, 0.4) is 0 Å². The minimum atomic E-state index is -1.17. The van der Waals surface area contributed by atoms with Gasteiger partial charge in [-0.1, -0.05) is 35.0 Å². The first-order chi connectivity index (χ1) is 17.3. The van der Waals surface area contributed by atoms with E-state index in [1.165, 1.54) is 29.5 Å². The van der Waals surface area contributed by atoms with Gasteiger partial charge in [0.2, 0.25) is 0 Å². The Morgan fingerprint density at radius 3 is 2.61 bits per heavy atom. The molecular weight excluding hydrogens is 484 g/mol. The van der Waals surface area contributed by atoms with Crippen molar-refractivity contribution in [1.82, 2.24) is 9.88 Å². The van der Waals surface area contributed by atoms with Gasteiger partial charge in [-0.3, -0.25) is 4.79 Å². The summed E-state index contributed by atoms with van der Waals surface area (Å²) >= 11 is 1.51. The van der Waals surface area contributed by atoms with Crippen molar-refractivity contribution in [2.75, 3.05) is 13.1 Å². The zero-order valence-electron chi connectivity index (χ0n) is 20.1. The number of aryl methyl sites for hydroxylation is 2. The number of hydrogen-bond acceptors (Lipinski definition) is 6. The van der Waals surface area contributed by atoms with Gasteiger partial charge in [-0.25, -0.2) is 13.8 Å². The van der Waals surface area contributed by atoms with Gasteiger partial charge < -0.3 is 14.8 Å². The van der Waals surface area contributed by atoms with Crippen molar-refractivity contribution in [2.45, 2.75) is 51.2 Å². The highest BCUT2D eigenvalue weighted by molar-refractivity contribution is 7.10. The molecule has 6 nitrogen and oxygen atoms in total. The van der Waals surface area contributed by atoms with Crippen molar-refractivity contribution < 1.29 is 23.5 Å². The third-order valence-electron chi connectivity index (χ3n) is 6.93. The zero-order valence-corrected chi connectivity index (χ0v) is 20.9. The summed E-state index contributed by atoms with van der Waals surface area (Å²) < 4.78 is 28.2. The fourth-order valence-electron chi connectivity index (χ4n) is 4.82. The SMILES string of the molecule is Cc1ccc(C)c(C(O)C(=O)N2CCC(c3nc(C4=NO[C@@H](c5c(F)cccc5F)C4)cs3)CC2)c1. The fraction of sp³-hybridized carbons (Fsp3) is 0.370. The molecule has 2 aromatic carbocycles. The van der Waals surface area contributed by atoms with Crippen LogP contribution in [0, 0.1) is 25.5 Å². The minimum absolute atomic E-state index is 0.119. The lowest BCUT2D eigenvalue weighted by Crippen LogP contribution is -2.40. The third-order valence-corrected chi connectivity index (χ3v) is 7.93. The number of carbonyl (C=O) groups is 1. The molecule has 0 aliphatic carbocycles. The summed E-state index contributed by atoms with van der Waals surface area (Å²) in [5.41, 5.74) is 3.65. The Morgan fingerprint density at radius 2 is 1.89 bits per heavy atom. The molecule has 0 radical (unpaired) electrons. The highest BCUT2D eigenvalue weighted by atomic mass is 32.1. The highest BCUT2D eigenvalue weighted by Crippen LogP contribution is 2.35. The number of hydrogen-bond donors (Lipinski definition) is 1. The topological polar surface area (TPSA) is 75.0 Å². The molecule has 1 saturated heterocycles. The van der Waals surface area contributed by atoms with Crippen LogP contribution >= 0.6 is 11.3 Å². The normalized spacial score (nSPS) is 19.2. The minimum Gasteiger partial charge on any atom is -0.387 e. The van der Waals surface area contributed by atoms with Crippen LogP contribution in [0.15, 0.2) is 46.9 Å². The molecule has 0 saturated carbocycles. The maximum Gasteiger partial charge on any atom is 0.256 e. The summed E-state index contributed by atoms with van der Waals surface area (Å²) in [4.78, 5) is 24.8. The Labute approximate surface area is 212 Å². The molecule has 3 heterocycles. The Kier molecular flexibility index (Phi) is 6.85.